The van der Waals surface area contributed by atoms with Gasteiger partial charge in [-0.15, -0.1) is 0 Å². The number of hydrogen-bond donors (Lipinski definition) is 0. The van der Waals surface area contributed by atoms with Crippen molar-refractivity contribution >= 4 is 28.4 Å². The molecule has 0 aliphatic rings. The van der Waals surface area contributed by atoms with Gasteiger partial charge in [0.05, 0.1) is 0 Å². The Kier molecular flexibility index (Phi) is 4.20. The second-order valence-corrected chi connectivity index (χ2v) is 0.952. The van der Waals surface area contributed by atoms with Crippen molar-refractivity contribution in [3.05, 3.63) is 0 Å². The van der Waals surface area contributed by atoms with Gasteiger partial charge in [-0.05, 0) is 0 Å². The van der Waals surface area contributed by atoms with Gasteiger partial charge in [0, 0.05) is 10.7 Å². The highest BCUT2D eigenvalue weighted by atomic mass is 35.7. The highest BCUT2D eigenvalue weighted by Crippen LogP contribution is 2.02. The zero-order chi connectivity index (χ0) is 4.12. The van der Waals surface area contributed by atoms with E-state index in [0.717, 1.165) is 0 Å². The maximum Gasteiger partial charge on any atom is 0.306 e. The molecular weight excluding hydrogens is 112 g/mol. The quantitative estimate of drug-likeness (QED) is 0.393. The van der Waals surface area contributed by atoms with E-state index in [9.17, 15) is 0 Å². The number of halogens is 1. The lowest BCUT2D eigenvalue weighted by Crippen LogP contribution is -1.62. The molecule has 0 saturated carbocycles. The first-order valence-corrected chi connectivity index (χ1v) is 2.36. The highest BCUT2D eigenvalue weighted by Gasteiger charge is 1.66. The summed E-state index contributed by atoms with van der Waals surface area (Å²) in [6, 6.07) is 0. The van der Waals surface area contributed by atoms with Gasteiger partial charge in [-0.25, -0.2) is 0 Å². The largest absolute Gasteiger partial charge is 0.376 e. The fourth-order valence-corrected chi connectivity index (χ4v) is 0.134. The summed E-state index contributed by atoms with van der Waals surface area (Å²) >= 11 is 0.506. The number of carbonyl (C=O) groups excluding carboxylic acids is 1. The second-order valence-electron chi connectivity index (χ2n) is 0.255. The Morgan fingerprint density at radius 2 is 2.60 bits per heavy atom. The Labute approximate surface area is 38.2 Å². The predicted octanol–water partition coefficient (Wildman–Crippen LogP) is 0.961. The molecule has 0 radical (unpaired) electrons. The van der Waals surface area contributed by atoms with Crippen molar-refractivity contribution in [1.29, 1.82) is 0 Å². The van der Waals surface area contributed by atoms with Gasteiger partial charge < -0.3 is 4.18 Å². The van der Waals surface area contributed by atoms with Crippen LogP contribution in [0.1, 0.15) is 0 Å². The zero-order valence-electron chi connectivity index (χ0n) is 2.18. The summed E-state index contributed by atoms with van der Waals surface area (Å²) in [7, 11) is 4.76. The molecule has 30 valence electrons. The maximum absolute atomic E-state index is 9.08. The molecule has 2 nitrogen and oxygen atoms in total. The average Bonchev–Trinajstić information content (AvgIpc) is 1.41. The van der Waals surface area contributed by atoms with Crippen LogP contribution in [0.15, 0.2) is 0 Å². The molecule has 0 amide bonds. The molecule has 0 aromatic heterocycles. The molecule has 0 spiro atoms. The smallest absolute Gasteiger partial charge is 0.306 e. The van der Waals surface area contributed by atoms with Crippen molar-refractivity contribution in [2.45, 2.75) is 0 Å². The summed E-state index contributed by atoms with van der Waals surface area (Å²) in [6.07, 6.45) is 0. The standard InChI is InChI=1S/CHClO2S/c2-5-4-1-3/h1H. The SMILES string of the molecule is O=COSCl. The maximum atomic E-state index is 9.08. The minimum Gasteiger partial charge on any atom is -0.376 e. The van der Waals surface area contributed by atoms with Gasteiger partial charge in [0.1, 0.15) is 0 Å². The summed E-state index contributed by atoms with van der Waals surface area (Å²) in [5.41, 5.74) is 0. The molecule has 4 heteroatoms. The number of hydrogen-bond acceptors (Lipinski definition) is 3. The van der Waals surface area contributed by atoms with Crippen LogP contribution in [-0.4, -0.2) is 6.47 Å². The summed E-state index contributed by atoms with van der Waals surface area (Å²) in [4.78, 5) is 9.08. The van der Waals surface area contributed by atoms with Crippen LogP contribution in [0.3, 0.4) is 0 Å². The number of carbonyl (C=O) groups is 1. The molecular formula is CHClO2S. The highest BCUT2D eigenvalue weighted by molar-refractivity contribution is 8.17. The van der Waals surface area contributed by atoms with Gasteiger partial charge >= 0.3 is 6.47 Å². The number of rotatable bonds is 2. The Hall–Kier alpha value is 0.110. The van der Waals surface area contributed by atoms with Gasteiger partial charge in [0.2, 0.25) is 0 Å². The third kappa shape index (κ3) is 4.11. The summed E-state index contributed by atoms with van der Waals surface area (Å²) in [6.45, 7) is 0.262. The molecule has 0 bridgehead atoms. The molecule has 0 atom stereocenters. The average molecular weight is 113 g/mol. The van der Waals surface area contributed by atoms with Crippen molar-refractivity contribution in [2.24, 2.45) is 0 Å². The van der Waals surface area contributed by atoms with Gasteiger partial charge in [-0.1, -0.05) is 0 Å². The molecule has 5 heavy (non-hydrogen) atoms. The van der Waals surface area contributed by atoms with E-state index >= 15 is 0 Å². The van der Waals surface area contributed by atoms with Crippen molar-refractivity contribution in [3.63, 3.8) is 0 Å². The van der Waals surface area contributed by atoms with Gasteiger partial charge in [-0.2, -0.15) is 0 Å². The Bertz CT molecular complexity index is 30.8. The van der Waals surface area contributed by atoms with Crippen LogP contribution in [0.25, 0.3) is 0 Å². The van der Waals surface area contributed by atoms with Crippen LogP contribution in [0.2, 0.25) is 0 Å². The first-order chi connectivity index (χ1) is 2.41. The van der Waals surface area contributed by atoms with Crippen LogP contribution >= 0.6 is 21.9 Å². The molecule has 0 N–H and O–H groups in total. The summed E-state index contributed by atoms with van der Waals surface area (Å²) < 4.78 is 3.83. The molecule has 0 aromatic rings. The van der Waals surface area contributed by atoms with Crippen molar-refractivity contribution in [3.8, 4) is 0 Å². The topological polar surface area (TPSA) is 26.3 Å². The predicted molar refractivity (Wildman–Crippen MR) is 20.6 cm³/mol. The van der Waals surface area contributed by atoms with E-state index in [4.69, 9.17) is 15.5 Å². The Morgan fingerprint density at radius 1 is 2.00 bits per heavy atom. The van der Waals surface area contributed by atoms with Crippen LogP contribution in [0, 0.1) is 0 Å². The molecule has 0 heterocycles. The molecule has 0 rings (SSSR count). The van der Waals surface area contributed by atoms with Crippen molar-refractivity contribution in [2.75, 3.05) is 0 Å². The Morgan fingerprint density at radius 3 is 2.60 bits per heavy atom. The van der Waals surface area contributed by atoms with E-state index < -0.39 is 0 Å². The first-order valence-electron chi connectivity index (χ1n) is 0.792. The van der Waals surface area contributed by atoms with E-state index in [1.54, 1.807) is 0 Å². The molecule has 0 aliphatic carbocycles. The van der Waals surface area contributed by atoms with E-state index in [0.29, 0.717) is 11.3 Å². The summed E-state index contributed by atoms with van der Waals surface area (Å²) in [5, 5.41) is 0. The fraction of sp³-hybridized carbons (Fsp3) is 0. The third-order valence-electron chi connectivity index (χ3n) is 0.0757. The van der Waals surface area contributed by atoms with Crippen LogP contribution in [0.4, 0.5) is 0 Å². The van der Waals surface area contributed by atoms with E-state index in [2.05, 4.69) is 4.18 Å². The normalized spacial score (nSPS) is 6.60. The molecule has 0 aliphatic heterocycles. The zero-order valence-corrected chi connectivity index (χ0v) is 3.75. The van der Waals surface area contributed by atoms with Crippen molar-refractivity contribution in [1.82, 2.24) is 0 Å². The molecule has 0 unspecified atom stereocenters. The van der Waals surface area contributed by atoms with Crippen LogP contribution in [0.5, 0.6) is 0 Å². The second kappa shape index (κ2) is 4.11. The van der Waals surface area contributed by atoms with Gasteiger partial charge in [0.15, 0.2) is 11.3 Å². The van der Waals surface area contributed by atoms with Crippen LogP contribution < -0.4 is 0 Å². The fourth-order valence-electron chi connectivity index (χ4n) is 0.0148. The van der Waals surface area contributed by atoms with Crippen molar-refractivity contribution < 1.29 is 8.98 Å². The minimum atomic E-state index is 0.262. The van der Waals surface area contributed by atoms with E-state index in [1.807, 2.05) is 0 Å². The lowest BCUT2D eigenvalue weighted by molar-refractivity contribution is -0.119. The minimum absolute atomic E-state index is 0.262. The van der Waals surface area contributed by atoms with Crippen LogP contribution in [-0.2, 0) is 8.98 Å². The van der Waals surface area contributed by atoms with E-state index in [1.165, 1.54) is 0 Å². The lowest BCUT2D eigenvalue weighted by atomic mass is 11.7. The summed E-state index contributed by atoms with van der Waals surface area (Å²) in [5.74, 6) is 0. The van der Waals surface area contributed by atoms with Gasteiger partial charge in [0.25, 0.3) is 0 Å². The molecule has 0 fully saturated rings. The third-order valence-corrected chi connectivity index (χ3v) is 0.445. The van der Waals surface area contributed by atoms with E-state index in [-0.39, 0.29) is 6.47 Å². The lowest BCUT2D eigenvalue weighted by Gasteiger charge is -1.73. The molecule has 0 aromatic carbocycles. The monoisotopic (exact) mass is 112 g/mol. The van der Waals surface area contributed by atoms with Gasteiger partial charge in [-0.3, -0.25) is 4.79 Å². The molecule has 0 saturated heterocycles. The Balaban J connectivity index is 2.40. The first kappa shape index (κ1) is 5.11.